The maximum absolute atomic E-state index is 11.0. The molecule has 1 aliphatic carbocycles. The van der Waals surface area contributed by atoms with Crippen LogP contribution in [0.5, 0.6) is 0 Å². The average Bonchev–Trinajstić information content (AvgIpc) is 2.69. The van der Waals surface area contributed by atoms with Crippen LogP contribution in [0.3, 0.4) is 0 Å². The minimum absolute atomic E-state index is 0.285. The zero-order valence-corrected chi connectivity index (χ0v) is 9.88. The van der Waals surface area contributed by atoms with Gasteiger partial charge in [0.2, 0.25) is 0 Å². The van der Waals surface area contributed by atoms with E-state index in [2.05, 4.69) is 26.1 Å². The molecular weight excluding hydrogens is 250 g/mol. The number of ether oxygens (including phenoxy) is 1. The first-order chi connectivity index (χ1) is 6.74. The molecule has 0 aliphatic heterocycles. The summed E-state index contributed by atoms with van der Waals surface area (Å²) in [5.74, 6) is -0.285. The van der Waals surface area contributed by atoms with Crippen LogP contribution in [0.1, 0.15) is 25.7 Å². The molecule has 82 valence electrons. The first kappa shape index (κ1) is 11.9. The highest BCUT2D eigenvalue weighted by Gasteiger charge is 2.18. The standard InChI is InChI=1S/C9H16BrNO3/c1-13-9(12)8(10)6-11-14-7-4-2-3-5-7/h7-8,11H,2-6H2,1H3. The van der Waals surface area contributed by atoms with Crippen LogP contribution >= 0.6 is 15.9 Å². The van der Waals surface area contributed by atoms with Crippen molar-refractivity contribution in [2.45, 2.75) is 36.6 Å². The summed E-state index contributed by atoms with van der Waals surface area (Å²) in [5, 5.41) is 0. The highest BCUT2D eigenvalue weighted by Crippen LogP contribution is 2.19. The molecule has 0 bridgehead atoms. The highest BCUT2D eigenvalue weighted by molar-refractivity contribution is 9.10. The van der Waals surface area contributed by atoms with Gasteiger partial charge < -0.3 is 4.74 Å². The predicted octanol–water partition coefficient (Wildman–Crippen LogP) is 1.39. The summed E-state index contributed by atoms with van der Waals surface area (Å²) in [6.07, 6.45) is 5.01. The van der Waals surface area contributed by atoms with E-state index in [1.54, 1.807) is 0 Å². The Balaban J connectivity index is 2.05. The second kappa shape index (κ2) is 6.37. The van der Waals surface area contributed by atoms with Gasteiger partial charge in [0.1, 0.15) is 4.83 Å². The number of esters is 1. The van der Waals surface area contributed by atoms with Crippen molar-refractivity contribution in [2.75, 3.05) is 13.7 Å². The van der Waals surface area contributed by atoms with E-state index in [1.165, 1.54) is 20.0 Å². The quantitative estimate of drug-likeness (QED) is 0.464. The Labute approximate surface area is 92.4 Å². The van der Waals surface area contributed by atoms with Crippen molar-refractivity contribution in [2.24, 2.45) is 0 Å². The fourth-order valence-corrected chi connectivity index (χ4v) is 1.78. The summed E-state index contributed by atoms with van der Waals surface area (Å²) in [6, 6.07) is 0. The summed E-state index contributed by atoms with van der Waals surface area (Å²) in [6.45, 7) is 0.434. The Hall–Kier alpha value is -0.130. The van der Waals surface area contributed by atoms with Gasteiger partial charge in [-0.15, -0.1) is 0 Å². The fraction of sp³-hybridized carbons (Fsp3) is 0.889. The minimum Gasteiger partial charge on any atom is -0.468 e. The van der Waals surface area contributed by atoms with E-state index < -0.39 is 0 Å². The molecule has 0 heterocycles. The van der Waals surface area contributed by atoms with Gasteiger partial charge in [0.05, 0.1) is 13.2 Å². The van der Waals surface area contributed by atoms with Crippen LogP contribution in [0.4, 0.5) is 0 Å². The summed E-state index contributed by atoms with van der Waals surface area (Å²) in [7, 11) is 1.37. The number of methoxy groups -OCH3 is 1. The van der Waals surface area contributed by atoms with Gasteiger partial charge in [-0.05, 0) is 12.8 Å². The van der Waals surface area contributed by atoms with E-state index >= 15 is 0 Å². The van der Waals surface area contributed by atoms with E-state index in [4.69, 9.17) is 4.84 Å². The van der Waals surface area contributed by atoms with Crippen LogP contribution in [-0.4, -0.2) is 30.6 Å². The Bertz CT molecular complexity index is 183. The third-order valence-corrected chi connectivity index (χ3v) is 2.97. The molecule has 0 spiro atoms. The molecule has 0 aromatic rings. The topological polar surface area (TPSA) is 47.6 Å². The van der Waals surface area contributed by atoms with Crippen molar-refractivity contribution in [3.8, 4) is 0 Å². The molecule has 1 atom stereocenters. The van der Waals surface area contributed by atoms with Crippen molar-refractivity contribution in [3.63, 3.8) is 0 Å². The third kappa shape index (κ3) is 3.94. The Kier molecular flexibility index (Phi) is 5.44. The number of nitrogens with one attached hydrogen (secondary N) is 1. The van der Waals surface area contributed by atoms with E-state index in [9.17, 15) is 4.79 Å². The number of hydroxylamine groups is 1. The first-order valence-corrected chi connectivity index (χ1v) is 5.76. The zero-order valence-electron chi connectivity index (χ0n) is 8.29. The summed E-state index contributed by atoms with van der Waals surface area (Å²) in [4.78, 5) is 16.0. The van der Waals surface area contributed by atoms with Gasteiger partial charge in [0.25, 0.3) is 0 Å². The van der Waals surface area contributed by atoms with Gasteiger partial charge in [-0.25, -0.2) is 5.48 Å². The molecule has 1 saturated carbocycles. The molecule has 0 radical (unpaired) electrons. The van der Waals surface area contributed by atoms with Gasteiger partial charge in [-0.1, -0.05) is 28.8 Å². The van der Waals surface area contributed by atoms with E-state index in [-0.39, 0.29) is 10.8 Å². The van der Waals surface area contributed by atoms with E-state index in [0.29, 0.717) is 12.6 Å². The monoisotopic (exact) mass is 265 g/mol. The maximum Gasteiger partial charge on any atom is 0.320 e. The van der Waals surface area contributed by atoms with Crippen molar-refractivity contribution < 1.29 is 14.4 Å². The number of hydrogen-bond donors (Lipinski definition) is 1. The highest BCUT2D eigenvalue weighted by atomic mass is 79.9. The smallest absolute Gasteiger partial charge is 0.320 e. The molecular formula is C9H16BrNO3. The molecule has 1 aliphatic rings. The van der Waals surface area contributed by atoms with Crippen molar-refractivity contribution in [1.29, 1.82) is 0 Å². The van der Waals surface area contributed by atoms with Gasteiger partial charge in [0.15, 0.2) is 0 Å². The van der Waals surface area contributed by atoms with Crippen LogP contribution in [0.25, 0.3) is 0 Å². The number of rotatable bonds is 5. The van der Waals surface area contributed by atoms with Gasteiger partial charge in [0, 0.05) is 6.54 Å². The van der Waals surface area contributed by atoms with Crippen LogP contribution in [0.15, 0.2) is 0 Å². The molecule has 1 unspecified atom stereocenters. The van der Waals surface area contributed by atoms with Crippen LogP contribution in [0.2, 0.25) is 0 Å². The number of hydrogen-bond acceptors (Lipinski definition) is 4. The molecule has 0 aromatic carbocycles. The fourth-order valence-electron chi connectivity index (χ4n) is 1.46. The molecule has 4 nitrogen and oxygen atoms in total. The lowest BCUT2D eigenvalue weighted by molar-refractivity contribution is -0.140. The summed E-state index contributed by atoms with van der Waals surface area (Å²) < 4.78 is 4.55. The lowest BCUT2D eigenvalue weighted by Gasteiger charge is -2.13. The Morgan fingerprint density at radius 3 is 2.79 bits per heavy atom. The van der Waals surface area contributed by atoms with Gasteiger partial charge >= 0.3 is 5.97 Å². The number of halogens is 1. The Morgan fingerprint density at radius 2 is 2.21 bits per heavy atom. The second-order valence-electron chi connectivity index (χ2n) is 3.36. The summed E-state index contributed by atoms with van der Waals surface area (Å²) >= 11 is 3.20. The molecule has 14 heavy (non-hydrogen) atoms. The Morgan fingerprint density at radius 1 is 1.57 bits per heavy atom. The lowest BCUT2D eigenvalue weighted by atomic mass is 10.3. The molecule has 0 aromatic heterocycles. The SMILES string of the molecule is COC(=O)C(Br)CNOC1CCCC1. The second-order valence-corrected chi connectivity index (χ2v) is 4.47. The van der Waals surface area contributed by atoms with Crippen LogP contribution in [0, 0.1) is 0 Å². The largest absolute Gasteiger partial charge is 0.468 e. The van der Waals surface area contributed by atoms with Crippen molar-refractivity contribution >= 4 is 21.9 Å². The van der Waals surface area contributed by atoms with E-state index in [0.717, 1.165) is 12.8 Å². The number of carbonyl (C=O) groups is 1. The zero-order chi connectivity index (χ0) is 10.4. The maximum atomic E-state index is 11.0. The van der Waals surface area contributed by atoms with Crippen LogP contribution in [-0.2, 0) is 14.4 Å². The van der Waals surface area contributed by atoms with Gasteiger partial charge in [-0.2, -0.15) is 0 Å². The normalized spacial score (nSPS) is 19.6. The average molecular weight is 266 g/mol. The van der Waals surface area contributed by atoms with Crippen molar-refractivity contribution in [1.82, 2.24) is 5.48 Å². The molecule has 1 rings (SSSR count). The number of alkyl halides is 1. The lowest BCUT2D eigenvalue weighted by Crippen LogP contribution is -2.32. The van der Waals surface area contributed by atoms with E-state index in [1.807, 2.05) is 0 Å². The van der Waals surface area contributed by atoms with Gasteiger partial charge in [-0.3, -0.25) is 9.63 Å². The summed E-state index contributed by atoms with van der Waals surface area (Å²) in [5.41, 5.74) is 2.79. The van der Waals surface area contributed by atoms with Crippen LogP contribution < -0.4 is 5.48 Å². The third-order valence-electron chi connectivity index (χ3n) is 2.27. The minimum atomic E-state index is -0.339. The molecule has 5 heteroatoms. The molecule has 0 saturated heterocycles. The predicted molar refractivity (Wildman–Crippen MR) is 56.1 cm³/mol. The first-order valence-electron chi connectivity index (χ1n) is 4.84. The molecule has 0 amide bonds. The van der Waals surface area contributed by atoms with Crippen molar-refractivity contribution in [3.05, 3.63) is 0 Å². The number of carbonyl (C=O) groups excluding carboxylic acids is 1. The molecule has 1 N–H and O–H groups in total. The molecule has 1 fully saturated rings.